The number of nitrogens with one attached hydrogen (secondary N) is 2. The number of imide groups is 1. The van der Waals surface area contributed by atoms with Gasteiger partial charge in [-0.05, 0) is 36.2 Å². The van der Waals surface area contributed by atoms with Crippen LogP contribution in [-0.4, -0.2) is 35.6 Å². The van der Waals surface area contributed by atoms with E-state index in [0.29, 0.717) is 17.2 Å². The monoisotopic (exact) mass is 381 g/mol. The van der Waals surface area contributed by atoms with E-state index in [1.54, 1.807) is 30.3 Å². The fraction of sp³-hybridized carbons (Fsp3) is 0.250. The van der Waals surface area contributed by atoms with E-state index in [4.69, 9.17) is 9.47 Å². The van der Waals surface area contributed by atoms with Crippen LogP contribution in [0.2, 0.25) is 0 Å². The second-order valence-corrected chi connectivity index (χ2v) is 6.57. The van der Waals surface area contributed by atoms with E-state index in [1.807, 2.05) is 18.2 Å². The fourth-order valence-electron chi connectivity index (χ4n) is 3.16. The number of hydrogen-bond donors (Lipinski definition) is 2. The van der Waals surface area contributed by atoms with Gasteiger partial charge in [0.1, 0.15) is 6.04 Å². The van der Waals surface area contributed by atoms with Crippen molar-refractivity contribution in [3.63, 3.8) is 0 Å². The minimum absolute atomic E-state index is 0.128. The highest BCUT2D eigenvalue weighted by molar-refractivity contribution is 6.04. The van der Waals surface area contributed by atoms with Gasteiger partial charge in [-0.2, -0.15) is 0 Å². The van der Waals surface area contributed by atoms with E-state index in [2.05, 4.69) is 10.6 Å². The molecule has 0 saturated carbocycles. The van der Waals surface area contributed by atoms with Crippen LogP contribution in [0.5, 0.6) is 11.5 Å². The van der Waals surface area contributed by atoms with Gasteiger partial charge in [-0.25, -0.2) is 4.79 Å². The molecular weight excluding hydrogens is 362 g/mol. The minimum atomic E-state index is -0.706. The number of hydrogen-bond acceptors (Lipinski definition) is 5. The largest absolute Gasteiger partial charge is 0.454 e. The topological polar surface area (TPSA) is 97.0 Å². The zero-order valence-corrected chi connectivity index (χ0v) is 15.0. The lowest BCUT2D eigenvalue weighted by atomic mass is 10.1. The molecule has 1 fully saturated rings. The van der Waals surface area contributed by atoms with Crippen molar-refractivity contribution >= 4 is 23.5 Å². The summed E-state index contributed by atoms with van der Waals surface area (Å²) in [6.45, 7) is 0.295. The molecule has 0 aromatic heterocycles. The molecule has 2 N–H and O–H groups in total. The van der Waals surface area contributed by atoms with Crippen LogP contribution in [0, 0.1) is 0 Å². The molecule has 4 amide bonds. The molecular formula is C20H19N3O5. The lowest BCUT2D eigenvalue weighted by Gasteiger charge is -2.13. The summed E-state index contributed by atoms with van der Waals surface area (Å²) in [7, 11) is 0. The van der Waals surface area contributed by atoms with Crippen LogP contribution >= 0.6 is 0 Å². The first kappa shape index (κ1) is 17.8. The molecule has 4 rings (SSSR count). The van der Waals surface area contributed by atoms with E-state index in [9.17, 15) is 14.4 Å². The number of benzene rings is 2. The smallest absolute Gasteiger partial charge is 0.325 e. The molecule has 144 valence electrons. The van der Waals surface area contributed by atoms with Crippen molar-refractivity contribution in [1.29, 1.82) is 0 Å². The summed E-state index contributed by atoms with van der Waals surface area (Å²) < 4.78 is 10.6. The summed E-state index contributed by atoms with van der Waals surface area (Å²) in [4.78, 5) is 38.0. The maximum absolute atomic E-state index is 12.6. The lowest BCUT2D eigenvalue weighted by Crippen LogP contribution is -2.31. The third kappa shape index (κ3) is 3.75. The van der Waals surface area contributed by atoms with Gasteiger partial charge in [0.25, 0.3) is 5.91 Å². The number of carbonyl (C=O) groups is 3. The number of carbonyl (C=O) groups excluding carboxylic acids is 3. The normalized spacial score (nSPS) is 17.6. The number of amides is 4. The van der Waals surface area contributed by atoms with Gasteiger partial charge in [0.15, 0.2) is 11.5 Å². The fourth-order valence-corrected chi connectivity index (χ4v) is 3.16. The van der Waals surface area contributed by atoms with Crippen LogP contribution < -0.4 is 20.1 Å². The Bertz CT molecular complexity index is 915. The van der Waals surface area contributed by atoms with Gasteiger partial charge in [-0.3, -0.25) is 14.5 Å². The molecule has 1 saturated heterocycles. The van der Waals surface area contributed by atoms with Crippen molar-refractivity contribution in [3.8, 4) is 11.5 Å². The van der Waals surface area contributed by atoms with Crippen molar-refractivity contribution in [3.05, 3.63) is 54.1 Å². The van der Waals surface area contributed by atoms with Gasteiger partial charge in [-0.15, -0.1) is 0 Å². The molecule has 2 aromatic rings. The second-order valence-electron chi connectivity index (χ2n) is 6.57. The molecule has 0 bridgehead atoms. The van der Waals surface area contributed by atoms with Gasteiger partial charge in [0.05, 0.1) is 6.54 Å². The van der Waals surface area contributed by atoms with E-state index < -0.39 is 12.1 Å². The summed E-state index contributed by atoms with van der Waals surface area (Å²) in [6, 6.07) is 13.2. The highest BCUT2D eigenvalue weighted by atomic mass is 16.7. The molecule has 0 aliphatic carbocycles. The molecule has 28 heavy (non-hydrogen) atoms. The second kappa shape index (κ2) is 7.59. The van der Waals surface area contributed by atoms with E-state index in [0.717, 1.165) is 10.5 Å². The Morgan fingerprint density at radius 3 is 2.71 bits per heavy atom. The average Bonchev–Trinajstić information content (AvgIpc) is 3.26. The van der Waals surface area contributed by atoms with Crippen molar-refractivity contribution in [1.82, 2.24) is 10.2 Å². The van der Waals surface area contributed by atoms with E-state index in [-0.39, 0.29) is 38.0 Å². The standard InChI is InChI=1S/C20H19N3O5/c24-18(21-14-4-2-1-3-5-14)9-7-15-19(25)23(20(26)22-15)11-13-6-8-16-17(10-13)28-12-27-16/h1-6,8,10,15H,7,9,11-12H2,(H,21,24)(H,22,26). The zero-order valence-electron chi connectivity index (χ0n) is 15.0. The molecule has 0 spiro atoms. The van der Waals surface area contributed by atoms with Crippen LogP contribution in [0.3, 0.4) is 0 Å². The minimum Gasteiger partial charge on any atom is -0.454 e. The summed E-state index contributed by atoms with van der Waals surface area (Å²) in [5.41, 5.74) is 1.45. The highest BCUT2D eigenvalue weighted by Crippen LogP contribution is 2.33. The predicted octanol–water partition coefficient (Wildman–Crippen LogP) is 2.25. The van der Waals surface area contributed by atoms with Crippen LogP contribution in [0.25, 0.3) is 0 Å². The van der Waals surface area contributed by atoms with E-state index in [1.165, 1.54) is 0 Å². The SMILES string of the molecule is O=C(CCC1NC(=O)N(Cc2ccc3c(c2)OCO3)C1=O)Nc1ccccc1. The van der Waals surface area contributed by atoms with Crippen molar-refractivity contribution in [2.75, 3.05) is 12.1 Å². The summed E-state index contributed by atoms with van der Waals surface area (Å²) in [5, 5.41) is 5.41. The molecule has 2 aliphatic heterocycles. The highest BCUT2D eigenvalue weighted by Gasteiger charge is 2.38. The van der Waals surface area contributed by atoms with Gasteiger partial charge in [0.2, 0.25) is 12.7 Å². The Hall–Kier alpha value is -3.55. The quantitative estimate of drug-likeness (QED) is 0.748. The van der Waals surface area contributed by atoms with Crippen molar-refractivity contribution in [2.24, 2.45) is 0 Å². The summed E-state index contributed by atoms with van der Waals surface area (Å²) >= 11 is 0. The number of urea groups is 1. The molecule has 2 aromatic carbocycles. The molecule has 1 unspecified atom stereocenters. The number of fused-ring (bicyclic) bond motifs is 1. The number of nitrogens with zero attached hydrogens (tertiary/aromatic N) is 1. The number of anilines is 1. The number of ether oxygens (including phenoxy) is 2. The van der Waals surface area contributed by atoms with Crippen molar-refractivity contribution in [2.45, 2.75) is 25.4 Å². The Morgan fingerprint density at radius 1 is 1.11 bits per heavy atom. The zero-order chi connectivity index (χ0) is 19.5. The Labute approximate surface area is 161 Å². The maximum atomic E-state index is 12.6. The summed E-state index contributed by atoms with van der Waals surface area (Å²) in [6.07, 6.45) is 0.365. The molecule has 1 atom stereocenters. The average molecular weight is 381 g/mol. The molecule has 2 heterocycles. The number of rotatable bonds is 6. The predicted molar refractivity (Wildman–Crippen MR) is 99.7 cm³/mol. The molecule has 0 radical (unpaired) electrons. The van der Waals surface area contributed by atoms with Crippen LogP contribution in [0.4, 0.5) is 10.5 Å². The van der Waals surface area contributed by atoms with Crippen LogP contribution in [0.15, 0.2) is 48.5 Å². The Balaban J connectivity index is 1.33. The van der Waals surface area contributed by atoms with Crippen LogP contribution in [0.1, 0.15) is 18.4 Å². The lowest BCUT2D eigenvalue weighted by molar-refractivity contribution is -0.128. The Morgan fingerprint density at radius 2 is 1.89 bits per heavy atom. The van der Waals surface area contributed by atoms with Gasteiger partial charge in [0, 0.05) is 12.1 Å². The Kier molecular flexibility index (Phi) is 4.84. The van der Waals surface area contributed by atoms with Gasteiger partial charge >= 0.3 is 6.03 Å². The first-order valence-corrected chi connectivity index (χ1v) is 8.95. The molecule has 2 aliphatic rings. The molecule has 8 heteroatoms. The van der Waals surface area contributed by atoms with Gasteiger partial charge in [-0.1, -0.05) is 24.3 Å². The van der Waals surface area contributed by atoms with Gasteiger partial charge < -0.3 is 20.1 Å². The maximum Gasteiger partial charge on any atom is 0.325 e. The third-order valence-corrected chi connectivity index (χ3v) is 4.60. The first-order valence-electron chi connectivity index (χ1n) is 8.95. The summed E-state index contributed by atoms with van der Waals surface area (Å²) in [5.74, 6) is 0.694. The molecule has 8 nitrogen and oxygen atoms in total. The van der Waals surface area contributed by atoms with Crippen molar-refractivity contribution < 1.29 is 23.9 Å². The number of para-hydroxylation sites is 1. The third-order valence-electron chi connectivity index (χ3n) is 4.60. The first-order chi connectivity index (χ1) is 13.6. The van der Waals surface area contributed by atoms with E-state index >= 15 is 0 Å². The van der Waals surface area contributed by atoms with Crippen LogP contribution in [-0.2, 0) is 16.1 Å².